The largest absolute Gasteiger partial charge is 0.303 e. The maximum absolute atomic E-state index is 14.2. The summed E-state index contributed by atoms with van der Waals surface area (Å²) in [4.78, 5) is 4.18. The molecule has 0 saturated heterocycles. The molecule has 0 aromatic heterocycles. The Kier molecular flexibility index (Phi) is 2.64. The van der Waals surface area contributed by atoms with Crippen LogP contribution in [0.2, 0.25) is 0 Å². The summed E-state index contributed by atoms with van der Waals surface area (Å²) in [7, 11) is 0. The standard InChI is InChI=1S/C14H17FN2/c1-8(2)9-5-10(15)13-11(6-9)17-7-12(16)14(13,3)4/h5-8,16H,1-4H3. The minimum absolute atomic E-state index is 0.252. The van der Waals surface area contributed by atoms with E-state index in [1.54, 1.807) is 6.07 Å². The van der Waals surface area contributed by atoms with Crippen LogP contribution in [0.3, 0.4) is 0 Å². The lowest BCUT2D eigenvalue weighted by molar-refractivity contribution is 0.571. The Morgan fingerprint density at radius 3 is 2.53 bits per heavy atom. The number of nitrogens with one attached hydrogen (secondary N) is 1. The van der Waals surface area contributed by atoms with Gasteiger partial charge in [-0.3, -0.25) is 4.99 Å². The molecule has 1 aliphatic rings. The molecule has 1 aromatic rings. The number of rotatable bonds is 1. The van der Waals surface area contributed by atoms with Crippen LogP contribution in [0, 0.1) is 11.2 Å². The average molecular weight is 232 g/mol. The molecule has 0 atom stereocenters. The quantitative estimate of drug-likeness (QED) is 0.760. The molecule has 2 rings (SSSR count). The summed E-state index contributed by atoms with van der Waals surface area (Å²) in [6.45, 7) is 7.77. The van der Waals surface area contributed by atoms with Gasteiger partial charge in [-0.15, -0.1) is 0 Å². The van der Waals surface area contributed by atoms with Crippen molar-refractivity contribution in [3.63, 3.8) is 0 Å². The van der Waals surface area contributed by atoms with Gasteiger partial charge in [-0.25, -0.2) is 4.39 Å². The van der Waals surface area contributed by atoms with Crippen LogP contribution >= 0.6 is 0 Å². The molecular weight excluding hydrogens is 215 g/mol. The Bertz CT molecular complexity index is 513. The molecule has 90 valence electrons. The first-order valence-corrected chi connectivity index (χ1v) is 5.81. The van der Waals surface area contributed by atoms with E-state index < -0.39 is 5.41 Å². The van der Waals surface area contributed by atoms with Crippen LogP contribution in [0.1, 0.15) is 44.7 Å². The van der Waals surface area contributed by atoms with E-state index in [9.17, 15) is 4.39 Å². The van der Waals surface area contributed by atoms with Crippen LogP contribution in [0.15, 0.2) is 17.1 Å². The summed E-state index contributed by atoms with van der Waals surface area (Å²) in [5, 5.41) is 7.84. The predicted octanol–water partition coefficient (Wildman–Crippen LogP) is 3.96. The monoisotopic (exact) mass is 232 g/mol. The van der Waals surface area contributed by atoms with Gasteiger partial charge in [-0.05, 0) is 37.5 Å². The summed E-state index contributed by atoms with van der Waals surface area (Å²) in [5.74, 6) is 0.0206. The van der Waals surface area contributed by atoms with E-state index in [1.165, 1.54) is 6.21 Å². The Hall–Kier alpha value is -1.51. The van der Waals surface area contributed by atoms with E-state index in [0.717, 1.165) is 5.56 Å². The van der Waals surface area contributed by atoms with E-state index in [0.29, 0.717) is 17.0 Å². The maximum atomic E-state index is 14.2. The first-order chi connectivity index (χ1) is 7.84. The second kappa shape index (κ2) is 3.76. The van der Waals surface area contributed by atoms with Crippen molar-refractivity contribution in [2.75, 3.05) is 0 Å². The van der Waals surface area contributed by atoms with Crippen molar-refractivity contribution < 1.29 is 4.39 Å². The van der Waals surface area contributed by atoms with Gasteiger partial charge in [0.2, 0.25) is 0 Å². The lowest BCUT2D eigenvalue weighted by atomic mass is 9.77. The zero-order chi connectivity index (χ0) is 12.8. The van der Waals surface area contributed by atoms with Crippen LogP contribution in [-0.4, -0.2) is 11.9 Å². The highest BCUT2D eigenvalue weighted by Gasteiger charge is 2.34. The molecular formula is C14H17FN2. The van der Waals surface area contributed by atoms with Crippen LogP contribution in [0.5, 0.6) is 0 Å². The number of benzene rings is 1. The molecule has 0 fully saturated rings. The summed E-state index contributed by atoms with van der Waals surface area (Å²) in [6, 6.07) is 3.49. The number of aliphatic imine (C=N–C) groups is 1. The molecule has 0 radical (unpaired) electrons. The minimum atomic E-state index is -0.601. The van der Waals surface area contributed by atoms with Crippen molar-refractivity contribution >= 4 is 17.6 Å². The molecule has 1 N–H and O–H groups in total. The zero-order valence-electron chi connectivity index (χ0n) is 10.6. The van der Waals surface area contributed by atoms with Gasteiger partial charge in [0.05, 0.1) is 11.4 Å². The smallest absolute Gasteiger partial charge is 0.129 e. The second-order valence-electron chi connectivity index (χ2n) is 5.35. The fourth-order valence-corrected chi connectivity index (χ4v) is 2.10. The van der Waals surface area contributed by atoms with Gasteiger partial charge < -0.3 is 5.41 Å². The van der Waals surface area contributed by atoms with Gasteiger partial charge in [-0.2, -0.15) is 0 Å². The third kappa shape index (κ3) is 1.79. The molecule has 1 heterocycles. The fourth-order valence-electron chi connectivity index (χ4n) is 2.10. The maximum Gasteiger partial charge on any atom is 0.129 e. The van der Waals surface area contributed by atoms with Crippen molar-refractivity contribution in [2.24, 2.45) is 4.99 Å². The van der Waals surface area contributed by atoms with E-state index in [4.69, 9.17) is 5.41 Å². The molecule has 1 aromatic carbocycles. The topological polar surface area (TPSA) is 36.2 Å². The van der Waals surface area contributed by atoms with Crippen molar-refractivity contribution in [3.8, 4) is 0 Å². The molecule has 0 bridgehead atoms. The highest BCUT2D eigenvalue weighted by molar-refractivity contribution is 6.34. The van der Waals surface area contributed by atoms with Gasteiger partial charge >= 0.3 is 0 Å². The number of nitrogens with zero attached hydrogens (tertiary/aromatic N) is 1. The first kappa shape index (κ1) is 12.0. The first-order valence-electron chi connectivity index (χ1n) is 5.81. The number of fused-ring (bicyclic) bond motifs is 1. The molecule has 1 aliphatic heterocycles. The van der Waals surface area contributed by atoms with E-state index in [-0.39, 0.29) is 11.7 Å². The Morgan fingerprint density at radius 1 is 1.29 bits per heavy atom. The van der Waals surface area contributed by atoms with Crippen LogP contribution < -0.4 is 0 Å². The highest BCUT2D eigenvalue weighted by atomic mass is 19.1. The number of hydrogen-bond donors (Lipinski definition) is 1. The third-order valence-electron chi connectivity index (χ3n) is 3.39. The van der Waals surface area contributed by atoms with Gasteiger partial charge in [0.25, 0.3) is 0 Å². The molecule has 0 saturated carbocycles. The number of hydrogen-bond acceptors (Lipinski definition) is 2. The molecule has 0 amide bonds. The van der Waals surface area contributed by atoms with Crippen LogP contribution in [0.25, 0.3) is 0 Å². The van der Waals surface area contributed by atoms with E-state index in [1.807, 2.05) is 33.8 Å². The summed E-state index contributed by atoms with van der Waals surface area (Å²) >= 11 is 0. The van der Waals surface area contributed by atoms with Crippen molar-refractivity contribution in [2.45, 2.75) is 39.0 Å². The third-order valence-corrected chi connectivity index (χ3v) is 3.39. The fraction of sp³-hybridized carbons (Fsp3) is 0.429. The minimum Gasteiger partial charge on any atom is -0.303 e. The molecule has 0 aliphatic carbocycles. The highest BCUT2D eigenvalue weighted by Crippen LogP contribution is 2.39. The molecule has 0 spiro atoms. The molecule has 3 heteroatoms. The lowest BCUT2D eigenvalue weighted by Crippen LogP contribution is -2.33. The molecule has 2 nitrogen and oxygen atoms in total. The van der Waals surface area contributed by atoms with E-state index in [2.05, 4.69) is 4.99 Å². The molecule has 17 heavy (non-hydrogen) atoms. The Labute approximate surface area is 101 Å². The summed E-state index contributed by atoms with van der Waals surface area (Å²) in [5.41, 5.74) is 1.89. The SMILES string of the molecule is CC(C)c1cc(F)c2c(c1)N=CC(=N)C2(C)C. The normalized spacial score (nSPS) is 17.4. The second-order valence-corrected chi connectivity index (χ2v) is 5.35. The van der Waals surface area contributed by atoms with Crippen molar-refractivity contribution in [1.29, 1.82) is 5.41 Å². The van der Waals surface area contributed by atoms with Crippen LogP contribution in [0.4, 0.5) is 10.1 Å². The Balaban J connectivity index is 2.69. The van der Waals surface area contributed by atoms with Gasteiger partial charge in [0, 0.05) is 17.2 Å². The number of halogens is 1. The van der Waals surface area contributed by atoms with E-state index >= 15 is 0 Å². The summed E-state index contributed by atoms with van der Waals surface area (Å²) < 4.78 is 14.2. The molecule has 0 unspecified atom stereocenters. The van der Waals surface area contributed by atoms with Crippen molar-refractivity contribution in [1.82, 2.24) is 0 Å². The van der Waals surface area contributed by atoms with Gasteiger partial charge in [0.15, 0.2) is 0 Å². The van der Waals surface area contributed by atoms with Crippen molar-refractivity contribution in [3.05, 3.63) is 29.1 Å². The van der Waals surface area contributed by atoms with Gasteiger partial charge in [-0.1, -0.05) is 13.8 Å². The van der Waals surface area contributed by atoms with Gasteiger partial charge in [0.1, 0.15) is 5.82 Å². The Morgan fingerprint density at radius 2 is 1.94 bits per heavy atom. The summed E-state index contributed by atoms with van der Waals surface area (Å²) in [6.07, 6.45) is 1.52. The lowest BCUT2D eigenvalue weighted by Gasteiger charge is -2.30. The van der Waals surface area contributed by atoms with Crippen LogP contribution in [-0.2, 0) is 5.41 Å². The average Bonchev–Trinajstić information content (AvgIpc) is 2.22. The predicted molar refractivity (Wildman–Crippen MR) is 69.4 cm³/mol. The zero-order valence-corrected chi connectivity index (χ0v) is 10.6.